The van der Waals surface area contributed by atoms with Gasteiger partial charge in [0.25, 0.3) is 0 Å². The second-order valence-corrected chi connectivity index (χ2v) is 5.47. The zero-order valence-corrected chi connectivity index (χ0v) is 11.0. The maximum atomic E-state index is 13.6. The summed E-state index contributed by atoms with van der Waals surface area (Å²) in [5.41, 5.74) is 8.31. The Bertz CT molecular complexity index is 597. The van der Waals surface area contributed by atoms with Crippen molar-refractivity contribution < 1.29 is 4.39 Å². The largest absolute Gasteiger partial charge is 0.340 e. The van der Waals surface area contributed by atoms with Gasteiger partial charge in [0, 0.05) is 5.56 Å². The summed E-state index contributed by atoms with van der Waals surface area (Å²) in [5.74, 6) is 0.623. The van der Waals surface area contributed by atoms with Crippen molar-refractivity contribution in [2.75, 3.05) is 0 Å². The Morgan fingerprint density at radius 2 is 2.05 bits per heavy atom. The topological polar surface area (TPSA) is 54.7 Å². The van der Waals surface area contributed by atoms with Crippen LogP contribution in [0.5, 0.6) is 0 Å². The lowest BCUT2D eigenvalue weighted by atomic mass is 9.98. The number of nitrogens with one attached hydrogen (secondary N) is 1. The van der Waals surface area contributed by atoms with Crippen LogP contribution in [0.25, 0.3) is 11.3 Å². The van der Waals surface area contributed by atoms with Crippen LogP contribution in [0, 0.1) is 12.7 Å². The van der Waals surface area contributed by atoms with Crippen molar-refractivity contribution in [3.63, 3.8) is 0 Å². The Labute approximate surface area is 112 Å². The first kappa shape index (κ1) is 12.4. The SMILES string of the molecule is Cc1ccc(-c2cnc(C3(N)CCCC3)[nH]2)cc1F. The van der Waals surface area contributed by atoms with Crippen molar-refractivity contribution in [1.82, 2.24) is 9.97 Å². The molecule has 4 heteroatoms. The van der Waals surface area contributed by atoms with Crippen molar-refractivity contribution in [3.05, 3.63) is 41.6 Å². The summed E-state index contributed by atoms with van der Waals surface area (Å²) in [6.07, 6.45) is 5.95. The zero-order chi connectivity index (χ0) is 13.5. The van der Waals surface area contributed by atoms with Crippen molar-refractivity contribution in [2.24, 2.45) is 5.73 Å². The summed E-state index contributed by atoms with van der Waals surface area (Å²) in [6.45, 7) is 1.75. The number of aryl methyl sites for hydroxylation is 1. The van der Waals surface area contributed by atoms with E-state index >= 15 is 0 Å². The number of H-pyrrole nitrogens is 1. The van der Waals surface area contributed by atoms with Gasteiger partial charge in [-0.05, 0) is 31.4 Å². The van der Waals surface area contributed by atoms with Crippen molar-refractivity contribution in [2.45, 2.75) is 38.1 Å². The van der Waals surface area contributed by atoms with Crippen LogP contribution in [0.3, 0.4) is 0 Å². The molecule has 3 N–H and O–H groups in total. The van der Waals surface area contributed by atoms with Gasteiger partial charge in [0.2, 0.25) is 0 Å². The Morgan fingerprint density at radius 1 is 1.32 bits per heavy atom. The van der Waals surface area contributed by atoms with E-state index in [0.717, 1.165) is 42.8 Å². The molecule has 1 aromatic carbocycles. The average molecular weight is 259 g/mol. The zero-order valence-electron chi connectivity index (χ0n) is 11.0. The summed E-state index contributed by atoms with van der Waals surface area (Å²) in [6, 6.07) is 5.21. The van der Waals surface area contributed by atoms with Gasteiger partial charge in [-0.25, -0.2) is 9.37 Å². The Morgan fingerprint density at radius 3 is 2.74 bits per heavy atom. The van der Waals surface area contributed by atoms with Gasteiger partial charge in [-0.1, -0.05) is 25.0 Å². The van der Waals surface area contributed by atoms with Crippen LogP contribution in [-0.4, -0.2) is 9.97 Å². The molecule has 0 aliphatic heterocycles. The van der Waals surface area contributed by atoms with Gasteiger partial charge in [0.05, 0.1) is 17.4 Å². The number of nitrogens with two attached hydrogens (primary N) is 1. The number of rotatable bonds is 2. The third-order valence-corrected chi connectivity index (χ3v) is 4.03. The first-order valence-corrected chi connectivity index (χ1v) is 6.69. The molecule has 1 aliphatic carbocycles. The van der Waals surface area contributed by atoms with Gasteiger partial charge in [0.1, 0.15) is 11.6 Å². The molecule has 1 fully saturated rings. The Balaban J connectivity index is 1.94. The van der Waals surface area contributed by atoms with Crippen molar-refractivity contribution >= 4 is 0 Å². The van der Waals surface area contributed by atoms with Gasteiger partial charge in [-0.3, -0.25) is 0 Å². The fourth-order valence-corrected chi connectivity index (χ4v) is 2.72. The lowest BCUT2D eigenvalue weighted by molar-refractivity contribution is 0.436. The minimum absolute atomic E-state index is 0.197. The number of nitrogens with zero attached hydrogens (tertiary/aromatic N) is 1. The van der Waals surface area contributed by atoms with Crippen LogP contribution in [0.2, 0.25) is 0 Å². The van der Waals surface area contributed by atoms with Crippen molar-refractivity contribution in [3.8, 4) is 11.3 Å². The van der Waals surface area contributed by atoms with Crippen molar-refractivity contribution in [1.29, 1.82) is 0 Å². The van der Waals surface area contributed by atoms with Gasteiger partial charge in [-0.2, -0.15) is 0 Å². The lowest BCUT2D eigenvalue weighted by Crippen LogP contribution is -2.34. The molecule has 1 aromatic heterocycles. The minimum atomic E-state index is -0.332. The van der Waals surface area contributed by atoms with Crippen LogP contribution in [0.1, 0.15) is 37.1 Å². The molecule has 0 radical (unpaired) electrons. The molecule has 2 aromatic rings. The number of hydrogen-bond donors (Lipinski definition) is 2. The van der Waals surface area contributed by atoms with Gasteiger partial charge in [0.15, 0.2) is 0 Å². The third-order valence-electron chi connectivity index (χ3n) is 4.03. The van der Waals surface area contributed by atoms with Crippen LogP contribution in [0.15, 0.2) is 24.4 Å². The fourth-order valence-electron chi connectivity index (χ4n) is 2.72. The molecule has 3 rings (SSSR count). The summed E-state index contributed by atoms with van der Waals surface area (Å²) in [7, 11) is 0. The van der Waals surface area contributed by atoms with E-state index in [0.29, 0.717) is 5.56 Å². The van der Waals surface area contributed by atoms with Crippen LogP contribution in [-0.2, 0) is 5.54 Å². The molecule has 0 unspecified atom stereocenters. The number of aromatic amines is 1. The van der Waals surface area contributed by atoms with Gasteiger partial charge < -0.3 is 10.7 Å². The maximum Gasteiger partial charge on any atom is 0.126 e. The van der Waals surface area contributed by atoms with Crippen LogP contribution in [0.4, 0.5) is 4.39 Å². The van der Waals surface area contributed by atoms with Gasteiger partial charge in [-0.15, -0.1) is 0 Å². The van der Waals surface area contributed by atoms with E-state index in [-0.39, 0.29) is 11.4 Å². The number of hydrogen-bond acceptors (Lipinski definition) is 2. The van der Waals surface area contributed by atoms with Crippen LogP contribution < -0.4 is 5.73 Å². The predicted molar refractivity (Wildman–Crippen MR) is 73.1 cm³/mol. The molecule has 0 bridgehead atoms. The standard InChI is InChI=1S/C15H18FN3/c1-10-4-5-11(8-12(10)16)13-9-18-14(19-13)15(17)6-2-3-7-15/h4-5,8-9H,2-3,6-7,17H2,1H3,(H,18,19). The summed E-state index contributed by atoms with van der Waals surface area (Å²) in [4.78, 5) is 7.65. The molecular weight excluding hydrogens is 241 g/mol. The van der Waals surface area contributed by atoms with Crippen LogP contribution >= 0.6 is 0 Å². The summed E-state index contributed by atoms with van der Waals surface area (Å²) < 4.78 is 13.6. The molecule has 3 nitrogen and oxygen atoms in total. The molecular formula is C15H18FN3. The van der Waals surface area contributed by atoms with E-state index in [2.05, 4.69) is 9.97 Å². The minimum Gasteiger partial charge on any atom is -0.340 e. The normalized spacial score (nSPS) is 17.8. The molecule has 1 saturated carbocycles. The predicted octanol–water partition coefficient (Wildman–Crippen LogP) is 3.25. The second kappa shape index (κ2) is 4.46. The molecule has 0 atom stereocenters. The van der Waals surface area contributed by atoms with E-state index in [1.165, 1.54) is 6.07 Å². The highest BCUT2D eigenvalue weighted by Crippen LogP contribution is 2.35. The first-order valence-electron chi connectivity index (χ1n) is 6.69. The lowest BCUT2D eigenvalue weighted by Gasteiger charge is -2.20. The maximum absolute atomic E-state index is 13.6. The Kier molecular flexibility index (Phi) is 2.90. The Hall–Kier alpha value is -1.68. The quantitative estimate of drug-likeness (QED) is 0.869. The van der Waals surface area contributed by atoms with E-state index in [4.69, 9.17) is 5.73 Å². The first-order chi connectivity index (χ1) is 9.08. The molecule has 19 heavy (non-hydrogen) atoms. The van der Waals surface area contributed by atoms with E-state index in [1.54, 1.807) is 19.2 Å². The highest BCUT2D eigenvalue weighted by atomic mass is 19.1. The summed E-state index contributed by atoms with van der Waals surface area (Å²) in [5, 5.41) is 0. The van der Waals surface area contributed by atoms with E-state index in [9.17, 15) is 4.39 Å². The molecule has 0 saturated heterocycles. The summed E-state index contributed by atoms with van der Waals surface area (Å²) >= 11 is 0. The molecule has 0 spiro atoms. The highest BCUT2D eigenvalue weighted by Gasteiger charge is 2.33. The smallest absolute Gasteiger partial charge is 0.126 e. The third kappa shape index (κ3) is 2.16. The number of benzene rings is 1. The second-order valence-electron chi connectivity index (χ2n) is 5.47. The fraction of sp³-hybridized carbons (Fsp3) is 0.400. The monoisotopic (exact) mass is 259 g/mol. The highest BCUT2D eigenvalue weighted by molar-refractivity contribution is 5.59. The molecule has 1 aliphatic rings. The van der Waals surface area contributed by atoms with Gasteiger partial charge >= 0.3 is 0 Å². The molecule has 0 amide bonds. The van der Waals surface area contributed by atoms with E-state index in [1.807, 2.05) is 6.07 Å². The number of aromatic nitrogens is 2. The number of halogens is 1. The van der Waals surface area contributed by atoms with E-state index < -0.39 is 0 Å². The molecule has 100 valence electrons. The molecule has 1 heterocycles. The number of imidazole rings is 1. The average Bonchev–Trinajstić information content (AvgIpc) is 3.02.